The Bertz CT molecular complexity index is 518. The van der Waals surface area contributed by atoms with Crippen LogP contribution in [0.25, 0.3) is 0 Å². The number of sulfonamides is 1. The fourth-order valence-electron chi connectivity index (χ4n) is 1.07. The number of rotatable bonds is 5. The number of H-pyrrole nitrogens is 1. The Morgan fingerprint density at radius 3 is 3.00 bits per heavy atom. The Labute approximate surface area is 91.1 Å². The Balaban J connectivity index is 1.91. The Morgan fingerprint density at radius 1 is 1.50 bits per heavy atom. The van der Waals surface area contributed by atoms with Crippen molar-refractivity contribution in [2.24, 2.45) is 0 Å². The van der Waals surface area contributed by atoms with Crippen molar-refractivity contribution in [3.63, 3.8) is 0 Å². The summed E-state index contributed by atoms with van der Waals surface area (Å²) in [7, 11) is -3.52. The van der Waals surface area contributed by atoms with Crippen LogP contribution in [0.3, 0.4) is 0 Å². The van der Waals surface area contributed by atoms with Crippen LogP contribution < -0.4 is 4.72 Å². The Kier molecular flexibility index (Phi) is 2.97. The summed E-state index contributed by atoms with van der Waals surface area (Å²) in [4.78, 5) is 9.91. The summed E-state index contributed by atoms with van der Waals surface area (Å²) >= 11 is 0. The monoisotopic (exact) mass is 243 g/mol. The zero-order valence-electron chi connectivity index (χ0n) is 8.12. The number of nitrogens with one attached hydrogen (secondary N) is 2. The van der Waals surface area contributed by atoms with Crippen molar-refractivity contribution in [3.8, 4) is 0 Å². The third-order valence-electron chi connectivity index (χ3n) is 1.81. The smallest absolute Gasteiger partial charge is 0.257 e. The Morgan fingerprint density at radius 2 is 2.38 bits per heavy atom. The van der Waals surface area contributed by atoms with Gasteiger partial charge in [0, 0.05) is 13.0 Å². The highest BCUT2D eigenvalue weighted by atomic mass is 32.2. The molecule has 86 valence electrons. The van der Waals surface area contributed by atoms with E-state index in [4.69, 9.17) is 0 Å². The first kappa shape index (κ1) is 10.8. The van der Waals surface area contributed by atoms with E-state index in [1.165, 1.54) is 18.9 Å². The minimum atomic E-state index is -3.52. The molecule has 0 aliphatic carbocycles. The molecule has 0 unspecified atom stereocenters. The molecule has 2 N–H and O–H groups in total. The summed E-state index contributed by atoms with van der Waals surface area (Å²) in [6.45, 7) is 0.195. The van der Waals surface area contributed by atoms with Gasteiger partial charge >= 0.3 is 0 Å². The molecule has 0 radical (unpaired) electrons. The lowest BCUT2D eigenvalue weighted by Gasteiger charge is -2.01. The molecule has 0 bridgehead atoms. The third-order valence-corrected chi connectivity index (χ3v) is 3.20. The number of hydrogen-bond acceptors (Lipinski definition) is 6. The van der Waals surface area contributed by atoms with E-state index < -0.39 is 10.0 Å². The van der Waals surface area contributed by atoms with Crippen LogP contribution in [-0.4, -0.2) is 35.1 Å². The lowest BCUT2D eigenvalue weighted by molar-refractivity contribution is 0.409. The van der Waals surface area contributed by atoms with Gasteiger partial charge in [0.2, 0.25) is 6.39 Å². The molecule has 16 heavy (non-hydrogen) atoms. The summed E-state index contributed by atoms with van der Waals surface area (Å²) in [5.74, 6) is 0.451. The van der Waals surface area contributed by atoms with Crippen molar-refractivity contribution in [1.29, 1.82) is 0 Å². The average Bonchev–Trinajstić information content (AvgIpc) is 2.90. The van der Waals surface area contributed by atoms with E-state index in [1.54, 1.807) is 0 Å². The van der Waals surface area contributed by atoms with Crippen molar-refractivity contribution in [2.45, 2.75) is 11.4 Å². The van der Waals surface area contributed by atoms with Crippen LogP contribution >= 0.6 is 0 Å². The van der Waals surface area contributed by atoms with Gasteiger partial charge in [-0.1, -0.05) is 5.16 Å². The quantitative estimate of drug-likeness (QED) is 0.718. The maximum Gasteiger partial charge on any atom is 0.257 e. The molecule has 0 amide bonds. The lowest BCUT2D eigenvalue weighted by atomic mass is 10.4. The molecule has 0 aromatic carbocycles. The molecule has 0 saturated heterocycles. The number of aromatic amines is 1. The maximum atomic E-state index is 11.6. The predicted octanol–water partition coefficient (Wildman–Crippen LogP) is -0.686. The first-order valence-electron chi connectivity index (χ1n) is 4.42. The normalized spacial score (nSPS) is 11.8. The second kappa shape index (κ2) is 4.41. The maximum absolute atomic E-state index is 11.6. The molecule has 0 spiro atoms. The van der Waals surface area contributed by atoms with Gasteiger partial charge in [0.15, 0.2) is 10.9 Å². The van der Waals surface area contributed by atoms with Crippen LogP contribution in [-0.2, 0) is 16.4 Å². The van der Waals surface area contributed by atoms with Gasteiger partial charge < -0.3 is 9.51 Å². The zero-order valence-corrected chi connectivity index (χ0v) is 8.94. The van der Waals surface area contributed by atoms with Gasteiger partial charge in [-0.3, -0.25) is 0 Å². The highest BCUT2D eigenvalue weighted by Gasteiger charge is 2.14. The van der Waals surface area contributed by atoms with E-state index in [0.29, 0.717) is 12.2 Å². The molecule has 2 rings (SSSR count). The first-order chi connectivity index (χ1) is 7.68. The van der Waals surface area contributed by atoms with Crippen molar-refractivity contribution >= 4 is 10.0 Å². The summed E-state index contributed by atoms with van der Waals surface area (Å²) in [6.07, 6.45) is 4.09. The largest absolute Gasteiger partial charge is 0.343 e. The molecular formula is C7H9N5O3S. The third kappa shape index (κ3) is 2.44. The summed E-state index contributed by atoms with van der Waals surface area (Å²) < 4.78 is 30.0. The van der Waals surface area contributed by atoms with Crippen molar-refractivity contribution in [1.82, 2.24) is 24.8 Å². The second-order valence-electron chi connectivity index (χ2n) is 2.91. The first-order valence-corrected chi connectivity index (χ1v) is 5.90. The fourth-order valence-corrected chi connectivity index (χ4v) is 2.00. The van der Waals surface area contributed by atoms with E-state index in [1.807, 2.05) is 0 Å². The van der Waals surface area contributed by atoms with E-state index in [2.05, 4.69) is 29.4 Å². The van der Waals surface area contributed by atoms with E-state index in [9.17, 15) is 8.42 Å². The van der Waals surface area contributed by atoms with E-state index in [-0.39, 0.29) is 11.6 Å². The van der Waals surface area contributed by atoms with Crippen LogP contribution in [0.4, 0.5) is 0 Å². The minimum Gasteiger partial charge on any atom is -0.343 e. The number of hydrogen-bond donors (Lipinski definition) is 2. The molecule has 2 aromatic rings. The topological polar surface area (TPSA) is 114 Å². The molecule has 2 heterocycles. The van der Waals surface area contributed by atoms with Crippen molar-refractivity contribution < 1.29 is 12.9 Å². The molecule has 9 heteroatoms. The van der Waals surface area contributed by atoms with Gasteiger partial charge in [0.25, 0.3) is 10.0 Å². The van der Waals surface area contributed by atoms with E-state index >= 15 is 0 Å². The molecule has 2 aromatic heterocycles. The van der Waals surface area contributed by atoms with Crippen LogP contribution in [0.15, 0.2) is 28.5 Å². The standard InChI is InChI=1S/C7H9N5O3S/c13-16(14,7-3-8-4-9-7)11-2-1-6-10-5-15-12-6/h3-5,11H,1-2H2,(H,8,9). The van der Waals surface area contributed by atoms with Crippen LogP contribution in [0.1, 0.15) is 5.82 Å². The molecule has 0 fully saturated rings. The predicted molar refractivity (Wildman–Crippen MR) is 51.8 cm³/mol. The highest BCUT2D eigenvalue weighted by molar-refractivity contribution is 7.89. The molecule has 0 aliphatic rings. The molecular weight excluding hydrogens is 234 g/mol. The van der Waals surface area contributed by atoms with Gasteiger partial charge in [-0.25, -0.2) is 18.1 Å². The number of aromatic nitrogens is 4. The van der Waals surface area contributed by atoms with Gasteiger partial charge in [0.05, 0.1) is 12.5 Å². The van der Waals surface area contributed by atoms with Crippen molar-refractivity contribution in [2.75, 3.05) is 6.54 Å². The van der Waals surface area contributed by atoms with E-state index in [0.717, 1.165) is 0 Å². The van der Waals surface area contributed by atoms with Crippen LogP contribution in [0, 0.1) is 0 Å². The Hall–Kier alpha value is -1.74. The summed E-state index contributed by atoms with van der Waals surface area (Å²) in [5.41, 5.74) is 0. The number of imidazole rings is 1. The van der Waals surface area contributed by atoms with Gasteiger partial charge in [-0.15, -0.1) is 0 Å². The summed E-state index contributed by atoms with van der Waals surface area (Å²) in [6, 6.07) is 0. The lowest BCUT2D eigenvalue weighted by Crippen LogP contribution is -2.26. The SMILES string of the molecule is O=S(=O)(NCCc1ncon1)c1cnc[nH]1. The average molecular weight is 243 g/mol. The minimum absolute atomic E-state index is 0.0283. The van der Waals surface area contributed by atoms with Gasteiger partial charge in [-0.05, 0) is 0 Å². The van der Waals surface area contributed by atoms with Gasteiger partial charge in [0.1, 0.15) is 0 Å². The highest BCUT2D eigenvalue weighted by Crippen LogP contribution is 2.01. The molecule has 0 saturated carbocycles. The van der Waals surface area contributed by atoms with Crippen LogP contribution in [0.5, 0.6) is 0 Å². The van der Waals surface area contributed by atoms with Crippen LogP contribution in [0.2, 0.25) is 0 Å². The zero-order chi connectivity index (χ0) is 11.4. The van der Waals surface area contributed by atoms with Gasteiger partial charge in [-0.2, -0.15) is 4.98 Å². The second-order valence-corrected chi connectivity index (χ2v) is 4.65. The number of nitrogens with zero attached hydrogens (tertiary/aromatic N) is 3. The molecule has 0 atom stereocenters. The van der Waals surface area contributed by atoms with Crippen molar-refractivity contribution in [3.05, 3.63) is 24.7 Å². The molecule has 0 aliphatic heterocycles. The fraction of sp³-hybridized carbons (Fsp3) is 0.286. The summed E-state index contributed by atoms with van der Waals surface area (Å²) in [5, 5.41) is 3.59. The molecule has 8 nitrogen and oxygen atoms in total.